The Balaban J connectivity index is 3.88. The van der Waals surface area contributed by atoms with Crippen LogP contribution in [0.5, 0.6) is 5.88 Å². The maximum Gasteiger partial charge on any atom is 0.393 e. The molecule has 1 rings (SSSR count). The van der Waals surface area contributed by atoms with E-state index in [1.165, 1.54) is 0 Å². The van der Waals surface area contributed by atoms with E-state index in [1.54, 1.807) is 0 Å². The van der Waals surface area contributed by atoms with Gasteiger partial charge < -0.3 is 5.11 Å². The highest BCUT2D eigenvalue weighted by atomic mass is 16.6. The Kier molecular flexibility index (Phi) is 2.12. The fraction of sp³-hybridized carbons (Fsp3) is 0.333. The molecule has 8 nitrogen and oxygen atoms in total. The van der Waals surface area contributed by atoms with Crippen LogP contribution in [0.1, 0.15) is 0 Å². The van der Waals surface area contributed by atoms with Crippen LogP contribution in [-0.4, -0.2) is 19.2 Å². The largest absolute Gasteiger partial charge is 0.489 e. The minimum atomic E-state index is -1.13. The van der Waals surface area contributed by atoms with E-state index in [-0.39, 0.29) is 0 Å². The fourth-order valence-electron chi connectivity index (χ4n) is 0.976. The van der Waals surface area contributed by atoms with Gasteiger partial charge in [0, 0.05) is 14.1 Å². The van der Waals surface area contributed by atoms with E-state index in [9.17, 15) is 19.7 Å². The summed E-state index contributed by atoms with van der Waals surface area (Å²) in [6, 6.07) is 0. The Bertz CT molecular complexity index is 511. The average Bonchev–Trinajstić information content (AvgIpc) is 2.11. The van der Waals surface area contributed by atoms with Gasteiger partial charge in [-0.15, -0.1) is 0 Å². The molecular weight excluding hydrogens is 194 g/mol. The molecule has 8 heteroatoms. The lowest BCUT2D eigenvalue weighted by Gasteiger charge is -2.03. The summed E-state index contributed by atoms with van der Waals surface area (Å²) in [6.45, 7) is 0. The second-order valence-electron chi connectivity index (χ2n) is 2.64. The number of nitrogens with zero attached hydrogens (tertiary/aromatic N) is 3. The molecule has 76 valence electrons. The van der Waals surface area contributed by atoms with Gasteiger partial charge in [-0.05, 0) is 0 Å². The lowest BCUT2D eigenvalue weighted by Crippen LogP contribution is -2.37. The molecule has 0 atom stereocenters. The molecule has 14 heavy (non-hydrogen) atoms. The van der Waals surface area contributed by atoms with Gasteiger partial charge in [-0.2, -0.15) is 0 Å². The van der Waals surface area contributed by atoms with Crippen LogP contribution < -0.4 is 11.2 Å². The highest BCUT2D eigenvalue weighted by Crippen LogP contribution is 2.16. The second kappa shape index (κ2) is 2.98. The summed E-state index contributed by atoms with van der Waals surface area (Å²) >= 11 is 0. The third-order valence-electron chi connectivity index (χ3n) is 1.79. The molecule has 0 aliphatic rings. The molecule has 1 aromatic rings. The number of hydrogen-bond acceptors (Lipinski definition) is 5. The minimum absolute atomic E-state index is 0.553. The Labute approximate surface area is 76.8 Å². The van der Waals surface area contributed by atoms with Crippen LogP contribution in [0.3, 0.4) is 0 Å². The van der Waals surface area contributed by atoms with Crippen molar-refractivity contribution in [1.82, 2.24) is 9.13 Å². The SMILES string of the molecule is Cn1c(O)c([N+](=O)[O-])c(=O)n(C)c1=O. The van der Waals surface area contributed by atoms with Crippen molar-refractivity contribution in [3.05, 3.63) is 31.0 Å². The zero-order valence-electron chi connectivity index (χ0n) is 7.42. The Morgan fingerprint density at radius 3 is 2.21 bits per heavy atom. The van der Waals surface area contributed by atoms with Crippen LogP contribution in [-0.2, 0) is 14.1 Å². The highest BCUT2D eigenvalue weighted by Gasteiger charge is 2.24. The molecule has 0 spiro atoms. The van der Waals surface area contributed by atoms with E-state index in [0.29, 0.717) is 9.13 Å². The third-order valence-corrected chi connectivity index (χ3v) is 1.79. The van der Waals surface area contributed by atoms with Crippen molar-refractivity contribution in [3.8, 4) is 5.88 Å². The maximum atomic E-state index is 11.2. The summed E-state index contributed by atoms with van der Waals surface area (Å²) < 4.78 is 1.18. The van der Waals surface area contributed by atoms with Crippen LogP contribution in [0.4, 0.5) is 5.69 Å². The molecule has 1 N–H and O–H groups in total. The van der Waals surface area contributed by atoms with Crippen molar-refractivity contribution in [2.75, 3.05) is 0 Å². The molecule has 0 bridgehead atoms. The Hall–Kier alpha value is -2.12. The molecule has 0 fully saturated rings. The topological polar surface area (TPSA) is 107 Å². The molecule has 1 heterocycles. The van der Waals surface area contributed by atoms with E-state index < -0.39 is 27.7 Å². The first-order chi connectivity index (χ1) is 6.37. The van der Waals surface area contributed by atoms with Crippen LogP contribution >= 0.6 is 0 Å². The van der Waals surface area contributed by atoms with Crippen LogP contribution in [0, 0.1) is 10.1 Å². The standard InChI is InChI=1S/C6H7N3O5/c1-7-4(10)3(9(13)14)5(11)8(2)6(7)12/h10H,1-2H3. The predicted molar refractivity (Wildman–Crippen MR) is 45.2 cm³/mol. The van der Waals surface area contributed by atoms with Crippen molar-refractivity contribution in [3.63, 3.8) is 0 Å². The van der Waals surface area contributed by atoms with Gasteiger partial charge in [-0.25, -0.2) is 4.79 Å². The van der Waals surface area contributed by atoms with Crippen molar-refractivity contribution in [1.29, 1.82) is 0 Å². The summed E-state index contributed by atoms with van der Waals surface area (Å²) in [4.78, 5) is 31.6. The summed E-state index contributed by atoms with van der Waals surface area (Å²) in [5.41, 5.74) is -2.96. The second-order valence-corrected chi connectivity index (χ2v) is 2.64. The van der Waals surface area contributed by atoms with Crippen molar-refractivity contribution >= 4 is 5.69 Å². The van der Waals surface area contributed by atoms with Gasteiger partial charge in [0.15, 0.2) is 0 Å². The van der Waals surface area contributed by atoms with Gasteiger partial charge in [0.1, 0.15) is 0 Å². The molecule has 0 aliphatic heterocycles. The zero-order chi connectivity index (χ0) is 11.0. The summed E-state index contributed by atoms with van der Waals surface area (Å²) in [7, 11) is 2.22. The van der Waals surface area contributed by atoms with E-state index in [1.807, 2.05) is 0 Å². The van der Waals surface area contributed by atoms with Gasteiger partial charge in [0.05, 0.1) is 4.92 Å². The summed E-state index contributed by atoms with van der Waals surface area (Å²) in [6.07, 6.45) is 0. The van der Waals surface area contributed by atoms with E-state index in [2.05, 4.69) is 0 Å². The maximum absolute atomic E-state index is 11.2. The van der Waals surface area contributed by atoms with E-state index >= 15 is 0 Å². The van der Waals surface area contributed by atoms with Gasteiger partial charge in [-0.1, -0.05) is 0 Å². The normalized spacial score (nSPS) is 10.1. The van der Waals surface area contributed by atoms with Gasteiger partial charge >= 0.3 is 16.9 Å². The quantitative estimate of drug-likeness (QED) is 0.448. The summed E-state index contributed by atoms with van der Waals surface area (Å²) in [5.74, 6) is -0.942. The molecule has 1 aromatic heterocycles. The van der Waals surface area contributed by atoms with Gasteiger partial charge in [-0.3, -0.25) is 24.0 Å². The lowest BCUT2D eigenvalue weighted by atomic mass is 10.5. The molecule has 0 saturated carbocycles. The van der Waals surface area contributed by atoms with E-state index in [4.69, 9.17) is 5.11 Å². The average molecular weight is 201 g/mol. The van der Waals surface area contributed by atoms with Crippen molar-refractivity contribution in [2.45, 2.75) is 0 Å². The van der Waals surface area contributed by atoms with Crippen LogP contribution in [0.15, 0.2) is 9.59 Å². The first-order valence-electron chi connectivity index (χ1n) is 3.51. The Morgan fingerprint density at radius 1 is 1.29 bits per heavy atom. The Morgan fingerprint density at radius 2 is 1.79 bits per heavy atom. The smallest absolute Gasteiger partial charge is 0.393 e. The molecule has 0 saturated heterocycles. The highest BCUT2D eigenvalue weighted by molar-refractivity contribution is 5.37. The molecule has 0 amide bonds. The first-order valence-corrected chi connectivity index (χ1v) is 3.51. The first kappa shape index (κ1) is 9.96. The minimum Gasteiger partial charge on any atom is -0.489 e. The molecule has 0 aliphatic carbocycles. The van der Waals surface area contributed by atoms with Crippen molar-refractivity contribution in [2.24, 2.45) is 14.1 Å². The van der Waals surface area contributed by atoms with Crippen molar-refractivity contribution < 1.29 is 10.0 Å². The number of nitro groups is 1. The lowest BCUT2D eigenvalue weighted by molar-refractivity contribution is -0.388. The molecular formula is C6H7N3O5. The number of aromatic hydroxyl groups is 1. The number of rotatable bonds is 1. The van der Waals surface area contributed by atoms with Gasteiger partial charge in [0.2, 0.25) is 0 Å². The summed E-state index contributed by atoms with van der Waals surface area (Å²) in [5, 5.41) is 19.5. The monoisotopic (exact) mass is 201 g/mol. The predicted octanol–water partition coefficient (Wildman–Crippen LogP) is -1.30. The molecule has 0 unspecified atom stereocenters. The van der Waals surface area contributed by atoms with Gasteiger partial charge in [0.25, 0.3) is 5.88 Å². The fourth-order valence-corrected chi connectivity index (χ4v) is 0.976. The van der Waals surface area contributed by atoms with E-state index in [0.717, 1.165) is 14.1 Å². The molecule has 0 aromatic carbocycles. The van der Waals surface area contributed by atoms with Crippen LogP contribution in [0.25, 0.3) is 0 Å². The number of hydrogen-bond donors (Lipinski definition) is 1. The molecule has 0 radical (unpaired) electrons. The van der Waals surface area contributed by atoms with Crippen LogP contribution in [0.2, 0.25) is 0 Å². The third kappa shape index (κ3) is 1.16. The number of aromatic nitrogens is 2. The zero-order valence-corrected chi connectivity index (χ0v) is 7.42.